The van der Waals surface area contributed by atoms with Gasteiger partial charge < -0.3 is 5.32 Å². The van der Waals surface area contributed by atoms with E-state index in [-0.39, 0.29) is 5.82 Å². The Kier molecular flexibility index (Phi) is 4.11. The molecule has 1 aromatic rings. The lowest BCUT2D eigenvalue weighted by molar-refractivity contribution is 0.454. The van der Waals surface area contributed by atoms with E-state index in [9.17, 15) is 8.78 Å². The van der Waals surface area contributed by atoms with Gasteiger partial charge in [-0.05, 0) is 23.8 Å². The first kappa shape index (κ1) is 12.5. The van der Waals surface area contributed by atoms with Crippen LogP contribution in [0, 0.1) is 11.6 Å². The van der Waals surface area contributed by atoms with Gasteiger partial charge in [0.1, 0.15) is 11.6 Å². The molecule has 1 rings (SSSR count). The van der Waals surface area contributed by atoms with Crippen LogP contribution in [-0.2, 0) is 5.41 Å². The molecule has 0 aliphatic carbocycles. The van der Waals surface area contributed by atoms with E-state index < -0.39 is 11.2 Å². The van der Waals surface area contributed by atoms with Crippen molar-refractivity contribution in [3.63, 3.8) is 0 Å². The highest BCUT2D eigenvalue weighted by atomic mass is 32.1. The summed E-state index contributed by atoms with van der Waals surface area (Å²) in [7, 11) is 0. The fraction of sp³-hybridized carbons (Fsp3) is 0.455. The molecule has 0 fully saturated rings. The van der Waals surface area contributed by atoms with Gasteiger partial charge in [0.2, 0.25) is 0 Å². The van der Waals surface area contributed by atoms with Crippen LogP contribution in [0.15, 0.2) is 18.2 Å². The predicted molar refractivity (Wildman–Crippen MR) is 61.2 cm³/mol. The Morgan fingerprint density at radius 1 is 1.33 bits per heavy atom. The lowest BCUT2D eigenvalue weighted by Crippen LogP contribution is -2.33. The molecule has 1 N–H and O–H groups in total. The standard InChI is InChI=1S/C11H15F2NS/c1-11(2,6-14-7-15)9-5-8(12)3-4-10(9)13/h3-5,14-15H,6-7H2,1-2H3. The number of hydrogen-bond acceptors (Lipinski definition) is 2. The molecule has 0 spiro atoms. The minimum atomic E-state index is -0.449. The Labute approximate surface area is 94.3 Å². The summed E-state index contributed by atoms with van der Waals surface area (Å²) in [6, 6.07) is 3.53. The summed E-state index contributed by atoms with van der Waals surface area (Å²) >= 11 is 4.01. The molecule has 84 valence electrons. The van der Waals surface area contributed by atoms with E-state index in [1.807, 2.05) is 13.8 Å². The van der Waals surface area contributed by atoms with Crippen LogP contribution in [0.1, 0.15) is 19.4 Å². The van der Waals surface area contributed by atoms with Crippen molar-refractivity contribution in [1.29, 1.82) is 0 Å². The maximum atomic E-state index is 13.5. The van der Waals surface area contributed by atoms with Crippen LogP contribution in [0.25, 0.3) is 0 Å². The molecule has 0 bridgehead atoms. The fourth-order valence-electron chi connectivity index (χ4n) is 1.48. The monoisotopic (exact) mass is 231 g/mol. The van der Waals surface area contributed by atoms with Crippen molar-refractivity contribution >= 4 is 12.6 Å². The van der Waals surface area contributed by atoms with Crippen molar-refractivity contribution in [3.8, 4) is 0 Å². The molecule has 0 saturated carbocycles. The zero-order chi connectivity index (χ0) is 11.5. The third kappa shape index (κ3) is 3.18. The Morgan fingerprint density at radius 3 is 2.60 bits per heavy atom. The molecule has 4 heteroatoms. The molecule has 15 heavy (non-hydrogen) atoms. The molecule has 1 nitrogen and oxygen atoms in total. The van der Waals surface area contributed by atoms with Crippen LogP contribution in [0.5, 0.6) is 0 Å². The van der Waals surface area contributed by atoms with Crippen LogP contribution in [0.2, 0.25) is 0 Å². The average molecular weight is 231 g/mol. The van der Waals surface area contributed by atoms with E-state index in [1.54, 1.807) is 0 Å². The van der Waals surface area contributed by atoms with E-state index in [2.05, 4.69) is 17.9 Å². The number of benzene rings is 1. The summed E-state index contributed by atoms with van der Waals surface area (Å²) in [5, 5.41) is 3.01. The Morgan fingerprint density at radius 2 is 2.00 bits per heavy atom. The van der Waals surface area contributed by atoms with E-state index in [0.717, 1.165) is 12.1 Å². The third-order valence-corrected chi connectivity index (χ3v) is 2.56. The van der Waals surface area contributed by atoms with Gasteiger partial charge in [-0.1, -0.05) is 13.8 Å². The molecule has 0 heterocycles. The number of nitrogens with one attached hydrogen (secondary N) is 1. The summed E-state index contributed by atoms with van der Waals surface area (Å²) in [6.07, 6.45) is 0. The maximum Gasteiger partial charge on any atom is 0.127 e. The van der Waals surface area contributed by atoms with E-state index in [4.69, 9.17) is 0 Å². The van der Waals surface area contributed by atoms with Gasteiger partial charge in [-0.25, -0.2) is 8.78 Å². The molecular formula is C11H15F2NS. The quantitative estimate of drug-likeness (QED) is 0.600. The SMILES string of the molecule is CC(C)(CNCS)c1cc(F)ccc1F. The second-order valence-electron chi connectivity index (χ2n) is 4.09. The Hall–Kier alpha value is -0.610. The van der Waals surface area contributed by atoms with Gasteiger partial charge in [-0.2, -0.15) is 12.6 Å². The first-order chi connectivity index (χ1) is 6.97. The Bertz CT molecular complexity index is 339. The molecule has 0 aromatic heterocycles. The van der Waals surface area contributed by atoms with Crippen molar-refractivity contribution in [2.75, 3.05) is 12.4 Å². The van der Waals surface area contributed by atoms with Crippen molar-refractivity contribution < 1.29 is 8.78 Å². The van der Waals surface area contributed by atoms with Crippen molar-refractivity contribution in [2.45, 2.75) is 19.3 Å². The molecular weight excluding hydrogens is 216 g/mol. The van der Waals surface area contributed by atoms with E-state index in [1.165, 1.54) is 6.07 Å². The third-order valence-electron chi connectivity index (χ3n) is 2.34. The lowest BCUT2D eigenvalue weighted by atomic mass is 9.84. The molecule has 0 saturated heterocycles. The first-order valence-electron chi connectivity index (χ1n) is 4.74. The molecule has 0 amide bonds. The summed E-state index contributed by atoms with van der Waals surface area (Å²) in [5.74, 6) is -0.270. The largest absolute Gasteiger partial charge is 0.307 e. The summed E-state index contributed by atoms with van der Waals surface area (Å²) in [4.78, 5) is 0. The smallest absolute Gasteiger partial charge is 0.127 e. The highest BCUT2D eigenvalue weighted by Gasteiger charge is 2.24. The van der Waals surface area contributed by atoms with Crippen LogP contribution in [0.3, 0.4) is 0 Å². The Balaban J connectivity index is 2.97. The first-order valence-corrected chi connectivity index (χ1v) is 5.38. The van der Waals surface area contributed by atoms with E-state index in [0.29, 0.717) is 18.0 Å². The topological polar surface area (TPSA) is 12.0 Å². The van der Waals surface area contributed by atoms with Gasteiger partial charge in [0, 0.05) is 17.8 Å². The molecule has 0 aliphatic heterocycles. The minimum Gasteiger partial charge on any atom is -0.307 e. The lowest BCUT2D eigenvalue weighted by Gasteiger charge is -2.25. The highest BCUT2D eigenvalue weighted by Crippen LogP contribution is 2.25. The van der Waals surface area contributed by atoms with Gasteiger partial charge >= 0.3 is 0 Å². The second-order valence-corrected chi connectivity index (χ2v) is 4.41. The highest BCUT2D eigenvalue weighted by molar-refractivity contribution is 7.80. The van der Waals surface area contributed by atoms with Crippen LogP contribution < -0.4 is 5.32 Å². The molecule has 0 aliphatic rings. The van der Waals surface area contributed by atoms with Crippen LogP contribution >= 0.6 is 12.6 Å². The molecule has 1 aromatic carbocycles. The van der Waals surface area contributed by atoms with Gasteiger partial charge in [-0.3, -0.25) is 0 Å². The van der Waals surface area contributed by atoms with E-state index >= 15 is 0 Å². The number of thiol groups is 1. The number of rotatable bonds is 4. The second kappa shape index (κ2) is 4.94. The van der Waals surface area contributed by atoms with Crippen molar-refractivity contribution in [2.24, 2.45) is 0 Å². The summed E-state index contributed by atoms with van der Waals surface area (Å²) in [6.45, 7) is 4.28. The van der Waals surface area contributed by atoms with Crippen molar-refractivity contribution in [3.05, 3.63) is 35.4 Å². The molecule has 0 atom stereocenters. The summed E-state index contributed by atoms with van der Waals surface area (Å²) < 4.78 is 26.5. The molecule has 0 radical (unpaired) electrons. The molecule has 0 unspecified atom stereocenters. The van der Waals surface area contributed by atoms with Gasteiger partial charge in [-0.15, -0.1) is 0 Å². The van der Waals surface area contributed by atoms with Gasteiger partial charge in [0.15, 0.2) is 0 Å². The van der Waals surface area contributed by atoms with Crippen LogP contribution in [-0.4, -0.2) is 12.4 Å². The zero-order valence-corrected chi connectivity index (χ0v) is 9.74. The van der Waals surface area contributed by atoms with Gasteiger partial charge in [0.05, 0.1) is 0 Å². The van der Waals surface area contributed by atoms with Crippen LogP contribution in [0.4, 0.5) is 8.78 Å². The zero-order valence-electron chi connectivity index (χ0n) is 8.85. The average Bonchev–Trinajstić information content (AvgIpc) is 2.18. The minimum absolute atomic E-state index is 0.373. The fourth-order valence-corrected chi connectivity index (χ4v) is 1.59. The number of halogens is 2. The van der Waals surface area contributed by atoms with Crippen molar-refractivity contribution in [1.82, 2.24) is 5.32 Å². The normalized spacial score (nSPS) is 11.8. The maximum absolute atomic E-state index is 13.5. The summed E-state index contributed by atoms with van der Waals surface area (Å²) in [5.41, 5.74) is -0.0636. The van der Waals surface area contributed by atoms with Gasteiger partial charge in [0.25, 0.3) is 0 Å². The predicted octanol–water partition coefficient (Wildman–Crippen LogP) is 2.72. The number of hydrogen-bond donors (Lipinski definition) is 2.